The van der Waals surface area contributed by atoms with Crippen LogP contribution in [0.4, 0.5) is 0 Å². The van der Waals surface area contributed by atoms with Crippen LogP contribution in [0.15, 0.2) is 29.2 Å². The van der Waals surface area contributed by atoms with Gasteiger partial charge in [-0.05, 0) is 25.1 Å². The molecule has 3 aromatic rings. The SMILES string of the molecule is Cc1c[nH]c(=O)n2nc(-c3ccc(Cl)c(Cl)c3)nc12. The molecule has 0 bridgehead atoms. The van der Waals surface area contributed by atoms with Gasteiger partial charge in [0.15, 0.2) is 11.5 Å². The van der Waals surface area contributed by atoms with E-state index in [1.165, 1.54) is 4.52 Å². The maximum absolute atomic E-state index is 11.7. The van der Waals surface area contributed by atoms with Crippen molar-refractivity contribution >= 4 is 28.8 Å². The highest BCUT2D eigenvalue weighted by atomic mass is 35.5. The van der Waals surface area contributed by atoms with Crippen LogP contribution in [0.2, 0.25) is 10.0 Å². The van der Waals surface area contributed by atoms with Crippen LogP contribution in [0.5, 0.6) is 0 Å². The summed E-state index contributed by atoms with van der Waals surface area (Å²) in [5.41, 5.74) is 1.72. The number of hydrogen-bond donors (Lipinski definition) is 1. The quantitative estimate of drug-likeness (QED) is 0.750. The standard InChI is InChI=1S/C12H8Cl2N4O/c1-6-5-15-12(19)18-11(6)16-10(17-18)7-2-3-8(13)9(14)4-7/h2-5H,1H3,(H,15,19). The molecule has 0 unspecified atom stereocenters. The van der Waals surface area contributed by atoms with Gasteiger partial charge in [0, 0.05) is 17.3 Å². The molecule has 96 valence electrons. The van der Waals surface area contributed by atoms with Crippen molar-refractivity contribution in [3.63, 3.8) is 0 Å². The fourth-order valence-corrected chi connectivity index (χ4v) is 2.06. The Labute approximate surface area is 117 Å². The minimum atomic E-state index is -0.334. The van der Waals surface area contributed by atoms with Gasteiger partial charge < -0.3 is 4.98 Å². The zero-order valence-electron chi connectivity index (χ0n) is 9.82. The van der Waals surface area contributed by atoms with Crippen LogP contribution in [-0.4, -0.2) is 19.6 Å². The van der Waals surface area contributed by atoms with Gasteiger partial charge in [-0.3, -0.25) is 0 Å². The van der Waals surface area contributed by atoms with E-state index in [0.29, 0.717) is 27.1 Å². The number of rotatable bonds is 1. The van der Waals surface area contributed by atoms with Gasteiger partial charge in [-0.2, -0.15) is 4.52 Å². The Kier molecular flexibility index (Phi) is 2.80. The zero-order valence-corrected chi connectivity index (χ0v) is 11.3. The van der Waals surface area contributed by atoms with Gasteiger partial charge >= 0.3 is 5.69 Å². The third-order valence-electron chi connectivity index (χ3n) is 2.74. The molecule has 7 heteroatoms. The number of nitrogens with zero attached hydrogens (tertiary/aromatic N) is 3. The van der Waals surface area contributed by atoms with Gasteiger partial charge in [0.05, 0.1) is 10.0 Å². The topological polar surface area (TPSA) is 63.0 Å². The Morgan fingerprint density at radius 1 is 1.26 bits per heavy atom. The van der Waals surface area contributed by atoms with Crippen molar-refractivity contribution in [2.75, 3.05) is 0 Å². The second-order valence-corrected chi connectivity index (χ2v) is 4.89. The Balaban J connectivity index is 2.26. The highest BCUT2D eigenvalue weighted by Crippen LogP contribution is 2.27. The summed E-state index contributed by atoms with van der Waals surface area (Å²) in [6.45, 7) is 1.85. The normalized spacial score (nSPS) is 11.1. The van der Waals surface area contributed by atoms with E-state index in [1.54, 1.807) is 24.4 Å². The number of H-pyrrole nitrogens is 1. The number of halogens is 2. The first-order valence-electron chi connectivity index (χ1n) is 5.47. The van der Waals surface area contributed by atoms with E-state index in [0.717, 1.165) is 5.56 Å². The van der Waals surface area contributed by atoms with E-state index in [2.05, 4.69) is 15.1 Å². The van der Waals surface area contributed by atoms with Crippen LogP contribution in [0, 0.1) is 6.92 Å². The predicted octanol–water partition coefficient (Wildman–Crippen LogP) is 2.70. The van der Waals surface area contributed by atoms with Crippen molar-refractivity contribution in [1.82, 2.24) is 19.6 Å². The number of aromatic nitrogens is 4. The molecule has 0 aliphatic heterocycles. The van der Waals surface area contributed by atoms with Gasteiger partial charge in [0.2, 0.25) is 0 Å². The van der Waals surface area contributed by atoms with Crippen LogP contribution in [-0.2, 0) is 0 Å². The lowest BCUT2D eigenvalue weighted by Crippen LogP contribution is -2.17. The van der Waals surface area contributed by atoms with E-state index in [4.69, 9.17) is 23.2 Å². The maximum atomic E-state index is 11.7. The van der Waals surface area contributed by atoms with Crippen molar-refractivity contribution < 1.29 is 0 Å². The molecule has 0 aliphatic rings. The molecular weight excluding hydrogens is 287 g/mol. The monoisotopic (exact) mass is 294 g/mol. The second kappa shape index (κ2) is 4.36. The summed E-state index contributed by atoms with van der Waals surface area (Å²) in [6.07, 6.45) is 1.60. The van der Waals surface area contributed by atoms with Crippen LogP contribution in [0.3, 0.4) is 0 Å². The van der Waals surface area contributed by atoms with Gasteiger partial charge in [-0.25, -0.2) is 9.78 Å². The molecule has 1 N–H and O–H groups in total. The molecule has 3 rings (SSSR count). The Morgan fingerprint density at radius 3 is 2.74 bits per heavy atom. The number of fused-ring (bicyclic) bond motifs is 1. The van der Waals surface area contributed by atoms with E-state index in [-0.39, 0.29) is 5.69 Å². The Hall–Kier alpha value is -1.85. The van der Waals surface area contributed by atoms with E-state index in [1.807, 2.05) is 6.92 Å². The number of benzene rings is 1. The fraction of sp³-hybridized carbons (Fsp3) is 0.0833. The van der Waals surface area contributed by atoms with Gasteiger partial charge in [-0.1, -0.05) is 23.2 Å². The predicted molar refractivity (Wildman–Crippen MR) is 73.8 cm³/mol. The van der Waals surface area contributed by atoms with Crippen LogP contribution < -0.4 is 5.69 Å². The highest BCUT2D eigenvalue weighted by molar-refractivity contribution is 6.42. The molecule has 2 aromatic heterocycles. The Morgan fingerprint density at radius 2 is 2.05 bits per heavy atom. The average Bonchev–Trinajstić information content (AvgIpc) is 2.83. The first-order chi connectivity index (χ1) is 9.06. The number of nitrogens with one attached hydrogen (secondary N) is 1. The molecule has 1 aromatic carbocycles. The maximum Gasteiger partial charge on any atom is 0.348 e. The smallest absolute Gasteiger partial charge is 0.312 e. The van der Waals surface area contributed by atoms with Gasteiger partial charge in [-0.15, -0.1) is 5.10 Å². The van der Waals surface area contributed by atoms with Gasteiger partial charge in [0.1, 0.15) is 0 Å². The van der Waals surface area contributed by atoms with Crippen LogP contribution in [0.1, 0.15) is 5.56 Å². The average molecular weight is 295 g/mol. The lowest BCUT2D eigenvalue weighted by Gasteiger charge is -1.97. The van der Waals surface area contributed by atoms with Crippen molar-refractivity contribution in [3.05, 3.63) is 50.5 Å². The molecule has 5 nitrogen and oxygen atoms in total. The lowest BCUT2D eigenvalue weighted by molar-refractivity contribution is 0.864. The van der Waals surface area contributed by atoms with Crippen molar-refractivity contribution in [3.8, 4) is 11.4 Å². The van der Waals surface area contributed by atoms with E-state index >= 15 is 0 Å². The second-order valence-electron chi connectivity index (χ2n) is 4.08. The number of aryl methyl sites for hydroxylation is 1. The summed E-state index contributed by atoms with van der Waals surface area (Å²) >= 11 is 11.8. The van der Waals surface area contributed by atoms with Crippen LogP contribution >= 0.6 is 23.2 Å². The summed E-state index contributed by atoms with van der Waals surface area (Å²) in [5.74, 6) is 0.429. The molecule has 2 heterocycles. The largest absolute Gasteiger partial charge is 0.348 e. The molecule has 0 fully saturated rings. The summed E-state index contributed by atoms with van der Waals surface area (Å²) in [5, 5.41) is 5.06. The summed E-state index contributed by atoms with van der Waals surface area (Å²) in [4.78, 5) is 18.6. The first kappa shape index (κ1) is 12.2. The van der Waals surface area contributed by atoms with E-state index < -0.39 is 0 Å². The minimum Gasteiger partial charge on any atom is -0.312 e. The fourth-order valence-electron chi connectivity index (χ4n) is 1.76. The molecular formula is C12H8Cl2N4O. The van der Waals surface area contributed by atoms with Crippen molar-refractivity contribution in [1.29, 1.82) is 0 Å². The Bertz CT molecular complexity index is 837. The molecule has 0 radical (unpaired) electrons. The first-order valence-corrected chi connectivity index (χ1v) is 6.22. The van der Waals surface area contributed by atoms with Crippen molar-refractivity contribution in [2.24, 2.45) is 0 Å². The van der Waals surface area contributed by atoms with Gasteiger partial charge in [0.25, 0.3) is 0 Å². The van der Waals surface area contributed by atoms with E-state index in [9.17, 15) is 4.79 Å². The van der Waals surface area contributed by atoms with Crippen LogP contribution in [0.25, 0.3) is 17.0 Å². The molecule has 0 amide bonds. The number of hydrogen-bond acceptors (Lipinski definition) is 3. The summed E-state index contributed by atoms with van der Waals surface area (Å²) in [6, 6.07) is 5.09. The molecule has 0 saturated carbocycles. The third kappa shape index (κ3) is 2.01. The third-order valence-corrected chi connectivity index (χ3v) is 3.48. The molecule has 19 heavy (non-hydrogen) atoms. The minimum absolute atomic E-state index is 0.334. The lowest BCUT2D eigenvalue weighted by atomic mass is 10.2. The molecule has 0 atom stereocenters. The molecule has 0 saturated heterocycles. The highest BCUT2D eigenvalue weighted by Gasteiger charge is 2.11. The molecule has 0 aliphatic carbocycles. The summed E-state index contributed by atoms with van der Waals surface area (Å²) in [7, 11) is 0. The molecule has 0 spiro atoms. The summed E-state index contributed by atoms with van der Waals surface area (Å²) < 4.78 is 1.23. The van der Waals surface area contributed by atoms with Crippen molar-refractivity contribution in [2.45, 2.75) is 6.92 Å². The number of aromatic amines is 1. The zero-order chi connectivity index (χ0) is 13.6.